The van der Waals surface area contributed by atoms with Crippen LogP contribution in [0.1, 0.15) is 30.5 Å². The minimum atomic E-state index is -0.229. The Balaban J connectivity index is 1.81. The van der Waals surface area contributed by atoms with E-state index in [0.717, 1.165) is 17.5 Å². The van der Waals surface area contributed by atoms with E-state index in [2.05, 4.69) is 15.6 Å². The van der Waals surface area contributed by atoms with Crippen LogP contribution >= 0.6 is 11.6 Å². The summed E-state index contributed by atoms with van der Waals surface area (Å²) in [6.45, 7) is 3.37. The molecule has 1 unspecified atom stereocenters. The predicted molar refractivity (Wildman–Crippen MR) is 101 cm³/mol. The first-order valence-electron chi connectivity index (χ1n) is 8.49. The van der Waals surface area contributed by atoms with Crippen LogP contribution in [0.25, 0.3) is 0 Å². The van der Waals surface area contributed by atoms with Crippen LogP contribution in [0.5, 0.6) is 5.88 Å². The smallest absolute Gasteiger partial charge is 0.315 e. The fourth-order valence-electron chi connectivity index (χ4n) is 2.34. The number of benzene rings is 1. The van der Waals surface area contributed by atoms with Crippen LogP contribution in [0.4, 0.5) is 4.79 Å². The number of nitrogens with zero attached hydrogens (tertiary/aromatic N) is 1. The minimum absolute atomic E-state index is 0.0676. The summed E-state index contributed by atoms with van der Waals surface area (Å²) in [5.41, 5.74) is 1.91. The molecular weight excluding hydrogens is 354 g/mol. The van der Waals surface area contributed by atoms with Gasteiger partial charge < -0.3 is 20.1 Å². The minimum Gasteiger partial charge on any atom is -0.475 e. The maximum Gasteiger partial charge on any atom is 0.315 e. The first-order chi connectivity index (χ1) is 12.6. The predicted octanol–water partition coefficient (Wildman–Crippen LogP) is 3.71. The van der Waals surface area contributed by atoms with Crippen LogP contribution in [-0.4, -0.2) is 31.3 Å². The molecule has 0 aliphatic rings. The molecule has 0 aliphatic heterocycles. The first kappa shape index (κ1) is 20.0. The van der Waals surface area contributed by atoms with Gasteiger partial charge in [-0.1, -0.05) is 36.7 Å². The van der Waals surface area contributed by atoms with E-state index in [0.29, 0.717) is 30.7 Å². The zero-order chi connectivity index (χ0) is 18.8. The molecule has 0 bridgehead atoms. The highest BCUT2D eigenvalue weighted by Gasteiger charge is 2.12. The summed E-state index contributed by atoms with van der Waals surface area (Å²) < 4.78 is 10.3. The lowest BCUT2D eigenvalue weighted by atomic mass is 10.1. The second-order valence-electron chi connectivity index (χ2n) is 5.69. The van der Waals surface area contributed by atoms with Crippen molar-refractivity contribution in [3.63, 3.8) is 0 Å². The average molecular weight is 378 g/mol. The Labute approximate surface area is 158 Å². The number of nitrogens with one attached hydrogen (secondary N) is 2. The molecule has 0 aliphatic carbocycles. The molecule has 0 radical (unpaired) electrons. The van der Waals surface area contributed by atoms with Crippen LogP contribution in [0.2, 0.25) is 5.02 Å². The van der Waals surface area contributed by atoms with Crippen LogP contribution in [0.15, 0.2) is 42.6 Å². The molecule has 0 fully saturated rings. The Bertz CT molecular complexity index is 677. The molecule has 26 heavy (non-hydrogen) atoms. The second-order valence-corrected chi connectivity index (χ2v) is 6.12. The van der Waals surface area contributed by atoms with Gasteiger partial charge in [0.25, 0.3) is 0 Å². The van der Waals surface area contributed by atoms with Crippen LogP contribution in [0, 0.1) is 0 Å². The highest BCUT2D eigenvalue weighted by molar-refractivity contribution is 6.30. The molecule has 2 amide bonds. The van der Waals surface area contributed by atoms with Crippen molar-refractivity contribution in [2.45, 2.75) is 25.9 Å². The Hall–Kier alpha value is -2.31. The number of hydrogen-bond donors (Lipinski definition) is 2. The van der Waals surface area contributed by atoms with Gasteiger partial charge in [0.1, 0.15) is 6.61 Å². The van der Waals surface area contributed by atoms with E-state index >= 15 is 0 Å². The standard InChI is InChI=1S/C19H24ClN3O3/c1-3-17(15-5-7-16(20)8-6-15)23-19(24)22-13-14-4-9-18(21-12-14)26-11-10-25-2/h4-9,12,17H,3,10-11,13H2,1-2H3,(H2,22,23,24). The molecule has 140 valence electrons. The van der Waals surface area contributed by atoms with Crippen molar-refractivity contribution in [2.75, 3.05) is 20.3 Å². The van der Waals surface area contributed by atoms with Crippen molar-refractivity contribution in [3.05, 3.63) is 58.7 Å². The number of carbonyl (C=O) groups excluding carboxylic acids is 1. The van der Waals surface area contributed by atoms with Gasteiger partial charge in [0.05, 0.1) is 12.6 Å². The molecule has 1 atom stereocenters. The number of carbonyl (C=O) groups is 1. The Kier molecular flexibility index (Phi) is 8.18. The third-order valence-corrected chi connectivity index (χ3v) is 4.03. The van der Waals surface area contributed by atoms with Crippen molar-refractivity contribution in [3.8, 4) is 5.88 Å². The lowest BCUT2D eigenvalue weighted by Gasteiger charge is -2.18. The molecule has 0 saturated heterocycles. The average Bonchev–Trinajstić information content (AvgIpc) is 2.66. The third-order valence-electron chi connectivity index (χ3n) is 3.77. The summed E-state index contributed by atoms with van der Waals surface area (Å²) in [5.74, 6) is 0.532. The van der Waals surface area contributed by atoms with E-state index in [1.807, 2.05) is 37.3 Å². The van der Waals surface area contributed by atoms with E-state index in [9.17, 15) is 4.79 Å². The fourth-order valence-corrected chi connectivity index (χ4v) is 2.46. The molecule has 2 aromatic rings. The Morgan fingerprint density at radius 2 is 1.96 bits per heavy atom. The van der Waals surface area contributed by atoms with Crippen molar-refractivity contribution < 1.29 is 14.3 Å². The van der Waals surface area contributed by atoms with Crippen molar-refractivity contribution in [2.24, 2.45) is 0 Å². The molecule has 7 heteroatoms. The molecule has 2 rings (SSSR count). The zero-order valence-corrected chi connectivity index (χ0v) is 15.8. The van der Waals surface area contributed by atoms with Crippen LogP contribution < -0.4 is 15.4 Å². The molecule has 0 spiro atoms. The van der Waals surface area contributed by atoms with Gasteiger partial charge in [-0.3, -0.25) is 0 Å². The number of amides is 2. The summed E-state index contributed by atoms with van der Waals surface area (Å²) in [6.07, 6.45) is 2.46. The van der Waals surface area contributed by atoms with E-state index in [-0.39, 0.29) is 12.1 Å². The van der Waals surface area contributed by atoms with E-state index in [4.69, 9.17) is 21.1 Å². The van der Waals surface area contributed by atoms with Crippen molar-refractivity contribution >= 4 is 17.6 Å². The number of rotatable bonds is 9. The van der Waals surface area contributed by atoms with Crippen LogP contribution in [0.3, 0.4) is 0 Å². The molecule has 6 nitrogen and oxygen atoms in total. The highest BCUT2D eigenvalue weighted by atomic mass is 35.5. The third kappa shape index (κ3) is 6.54. The zero-order valence-electron chi connectivity index (χ0n) is 15.0. The topological polar surface area (TPSA) is 72.5 Å². The van der Waals surface area contributed by atoms with Gasteiger partial charge in [-0.25, -0.2) is 9.78 Å². The highest BCUT2D eigenvalue weighted by Crippen LogP contribution is 2.19. The lowest BCUT2D eigenvalue weighted by molar-refractivity contribution is 0.143. The number of aromatic nitrogens is 1. The maximum atomic E-state index is 12.2. The van der Waals surface area contributed by atoms with Crippen molar-refractivity contribution in [1.82, 2.24) is 15.6 Å². The molecule has 1 aromatic carbocycles. The van der Waals surface area contributed by atoms with Gasteiger partial charge in [0, 0.05) is 30.9 Å². The number of pyridine rings is 1. The van der Waals surface area contributed by atoms with Gasteiger partial charge in [0.2, 0.25) is 5.88 Å². The maximum absolute atomic E-state index is 12.2. The number of hydrogen-bond acceptors (Lipinski definition) is 4. The SMILES string of the molecule is CCC(NC(=O)NCc1ccc(OCCOC)nc1)c1ccc(Cl)cc1. The molecule has 1 aromatic heterocycles. The summed E-state index contributed by atoms with van der Waals surface area (Å²) >= 11 is 5.91. The van der Waals surface area contributed by atoms with Gasteiger partial charge in [0.15, 0.2) is 0 Å². The Morgan fingerprint density at radius 1 is 1.19 bits per heavy atom. The summed E-state index contributed by atoms with van der Waals surface area (Å²) in [7, 11) is 1.62. The molecular formula is C19H24ClN3O3. The van der Waals surface area contributed by atoms with Crippen molar-refractivity contribution in [1.29, 1.82) is 0 Å². The summed E-state index contributed by atoms with van der Waals surface area (Å²) in [5, 5.41) is 6.48. The number of ether oxygens (including phenoxy) is 2. The number of urea groups is 1. The Morgan fingerprint density at radius 3 is 2.58 bits per heavy atom. The second kappa shape index (κ2) is 10.6. The lowest BCUT2D eigenvalue weighted by Crippen LogP contribution is -2.37. The molecule has 0 saturated carbocycles. The normalized spacial score (nSPS) is 11.7. The summed E-state index contributed by atoms with van der Waals surface area (Å²) in [4.78, 5) is 16.4. The number of halogens is 1. The van der Waals surface area contributed by atoms with Gasteiger partial charge in [-0.05, 0) is 29.7 Å². The number of methoxy groups -OCH3 is 1. The van der Waals surface area contributed by atoms with Gasteiger partial charge >= 0.3 is 6.03 Å². The van der Waals surface area contributed by atoms with E-state index in [1.165, 1.54) is 0 Å². The fraction of sp³-hybridized carbons (Fsp3) is 0.368. The van der Waals surface area contributed by atoms with Crippen LogP contribution in [-0.2, 0) is 11.3 Å². The first-order valence-corrected chi connectivity index (χ1v) is 8.86. The van der Waals surface area contributed by atoms with Gasteiger partial charge in [-0.2, -0.15) is 0 Å². The monoisotopic (exact) mass is 377 g/mol. The van der Waals surface area contributed by atoms with E-state index in [1.54, 1.807) is 19.4 Å². The van der Waals surface area contributed by atoms with Gasteiger partial charge in [-0.15, -0.1) is 0 Å². The molecule has 1 heterocycles. The summed E-state index contributed by atoms with van der Waals surface area (Å²) in [6, 6.07) is 10.8. The van der Waals surface area contributed by atoms with E-state index < -0.39 is 0 Å². The molecule has 2 N–H and O–H groups in total. The largest absolute Gasteiger partial charge is 0.475 e. The quantitative estimate of drug-likeness (QED) is 0.653.